The van der Waals surface area contributed by atoms with Crippen molar-refractivity contribution in [3.8, 4) is 6.07 Å². The van der Waals surface area contributed by atoms with Crippen LogP contribution in [0.2, 0.25) is 0 Å². The van der Waals surface area contributed by atoms with Gasteiger partial charge in [0.05, 0.1) is 17.1 Å². The topological polar surface area (TPSA) is 44.0 Å². The van der Waals surface area contributed by atoms with Gasteiger partial charge in [0, 0.05) is 0 Å². The third kappa shape index (κ3) is 1.26. The van der Waals surface area contributed by atoms with Gasteiger partial charge in [-0.2, -0.15) is 5.26 Å². The molecule has 2 rings (SSSR count). The molecule has 0 radical (unpaired) electrons. The molecule has 2 aliphatic carbocycles. The molecule has 2 saturated carbocycles. The molecule has 2 aliphatic rings. The summed E-state index contributed by atoms with van der Waals surface area (Å²) in [6.45, 7) is 2.24. The van der Waals surface area contributed by atoms with Crippen LogP contribution in [-0.4, -0.2) is 10.7 Å². The van der Waals surface area contributed by atoms with Crippen molar-refractivity contribution in [3.63, 3.8) is 0 Å². The largest absolute Gasteiger partial charge is 0.388 e. The van der Waals surface area contributed by atoms with E-state index < -0.39 is 11.0 Å². The molecule has 0 aromatic heterocycles. The standard InChI is InChI=1S/C12H19NO/c1-10-3-7-11(9-13,8-4-10)12(14)5-2-6-12/h10,14H,2-8H2,1H3. The van der Waals surface area contributed by atoms with E-state index in [0.717, 1.165) is 50.9 Å². The summed E-state index contributed by atoms with van der Waals surface area (Å²) < 4.78 is 0. The van der Waals surface area contributed by atoms with Crippen molar-refractivity contribution in [2.75, 3.05) is 0 Å². The smallest absolute Gasteiger partial charge is 0.0860 e. The Morgan fingerprint density at radius 1 is 1.21 bits per heavy atom. The third-order valence-electron chi connectivity index (χ3n) is 4.41. The molecule has 0 atom stereocenters. The molecule has 2 fully saturated rings. The Labute approximate surface area is 85.9 Å². The maximum atomic E-state index is 10.3. The van der Waals surface area contributed by atoms with Gasteiger partial charge in [-0.15, -0.1) is 0 Å². The third-order valence-corrected chi connectivity index (χ3v) is 4.41. The molecule has 2 nitrogen and oxygen atoms in total. The lowest BCUT2D eigenvalue weighted by Crippen LogP contribution is -2.53. The monoisotopic (exact) mass is 193 g/mol. The van der Waals surface area contributed by atoms with Crippen LogP contribution < -0.4 is 0 Å². The summed E-state index contributed by atoms with van der Waals surface area (Å²) in [5.74, 6) is 0.736. The number of hydrogen-bond acceptors (Lipinski definition) is 2. The molecule has 0 spiro atoms. The molecule has 0 heterocycles. The number of aliphatic hydroxyl groups is 1. The van der Waals surface area contributed by atoms with Crippen LogP contribution in [-0.2, 0) is 0 Å². The van der Waals surface area contributed by atoms with E-state index in [1.807, 2.05) is 0 Å². The van der Waals surface area contributed by atoms with Gasteiger partial charge >= 0.3 is 0 Å². The highest BCUT2D eigenvalue weighted by molar-refractivity contribution is 5.15. The molecule has 78 valence electrons. The molecule has 2 heteroatoms. The summed E-state index contributed by atoms with van der Waals surface area (Å²) in [7, 11) is 0. The first-order valence-electron chi connectivity index (χ1n) is 5.76. The lowest BCUT2D eigenvalue weighted by Gasteiger charge is -2.51. The zero-order valence-corrected chi connectivity index (χ0v) is 8.92. The Morgan fingerprint density at radius 2 is 1.79 bits per heavy atom. The lowest BCUT2D eigenvalue weighted by molar-refractivity contribution is -0.131. The van der Waals surface area contributed by atoms with E-state index in [1.54, 1.807) is 0 Å². The van der Waals surface area contributed by atoms with Crippen LogP contribution >= 0.6 is 0 Å². The Bertz CT molecular complexity index is 254. The Kier molecular flexibility index (Phi) is 2.31. The number of nitrogens with zero attached hydrogens (tertiary/aromatic N) is 1. The second-order valence-electron chi connectivity index (χ2n) is 5.26. The van der Waals surface area contributed by atoms with E-state index in [2.05, 4.69) is 13.0 Å². The number of nitriles is 1. The van der Waals surface area contributed by atoms with Crippen LogP contribution in [0.3, 0.4) is 0 Å². The van der Waals surface area contributed by atoms with Crippen LogP contribution in [0.15, 0.2) is 0 Å². The Morgan fingerprint density at radius 3 is 2.14 bits per heavy atom. The highest BCUT2D eigenvalue weighted by Crippen LogP contribution is 2.54. The molecule has 1 N–H and O–H groups in total. The Balaban J connectivity index is 2.15. The minimum Gasteiger partial charge on any atom is -0.388 e. The number of hydrogen-bond donors (Lipinski definition) is 1. The van der Waals surface area contributed by atoms with E-state index >= 15 is 0 Å². The second kappa shape index (κ2) is 3.24. The average Bonchev–Trinajstić information content (AvgIpc) is 2.16. The van der Waals surface area contributed by atoms with Crippen molar-refractivity contribution >= 4 is 0 Å². The quantitative estimate of drug-likeness (QED) is 0.695. The summed E-state index contributed by atoms with van der Waals surface area (Å²) >= 11 is 0. The van der Waals surface area contributed by atoms with Crippen molar-refractivity contribution in [2.45, 2.75) is 57.5 Å². The molecule has 0 unspecified atom stereocenters. The zero-order chi connectivity index (χ0) is 10.2. The van der Waals surface area contributed by atoms with Gasteiger partial charge in [-0.1, -0.05) is 6.92 Å². The fourth-order valence-corrected chi connectivity index (χ4v) is 2.93. The van der Waals surface area contributed by atoms with Crippen LogP contribution in [0.1, 0.15) is 51.9 Å². The molecule has 0 aromatic carbocycles. The van der Waals surface area contributed by atoms with Crippen LogP contribution in [0.5, 0.6) is 0 Å². The van der Waals surface area contributed by atoms with Gasteiger partial charge in [-0.05, 0) is 50.9 Å². The van der Waals surface area contributed by atoms with Crippen molar-refractivity contribution in [1.29, 1.82) is 5.26 Å². The van der Waals surface area contributed by atoms with E-state index in [1.165, 1.54) is 0 Å². The van der Waals surface area contributed by atoms with Crippen LogP contribution in [0, 0.1) is 22.7 Å². The highest BCUT2D eigenvalue weighted by atomic mass is 16.3. The maximum absolute atomic E-state index is 10.3. The van der Waals surface area contributed by atoms with E-state index in [4.69, 9.17) is 0 Å². The predicted molar refractivity (Wildman–Crippen MR) is 54.5 cm³/mol. The average molecular weight is 193 g/mol. The van der Waals surface area contributed by atoms with Gasteiger partial charge < -0.3 is 5.11 Å². The van der Waals surface area contributed by atoms with Gasteiger partial charge in [0.25, 0.3) is 0 Å². The van der Waals surface area contributed by atoms with E-state index in [9.17, 15) is 10.4 Å². The van der Waals surface area contributed by atoms with E-state index in [0.29, 0.717) is 0 Å². The van der Waals surface area contributed by atoms with Crippen molar-refractivity contribution in [2.24, 2.45) is 11.3 Å². The number of rotatable bonds is 1. The first kappa shape index (κ1) is 9.98. The van der Waals surface area contributed by atoms with E-state index in [-0.39, 0.29) is 0 Å². The molecule has 0 aromatic rings. The summed E-state index contributed by atoms with van der Waals surface area (Å²) in [6, 6.07) is 2.43. The molecule has 0 aliphatic heterocycles. The normalized spacial score (nSPS) is 41.1. The van der Waals surface area contributed by atoms with Gasteiger partial charge in [-0.25, -0.2) is 0 Å². The first-order chi connectivity index (χ1) is 6.62. The van der Waals surface area contributed by atoms with Crippen molar-refractivity contribution in [3.05, 3.63) is 0 Å². The van der Waals surface area contributed by atoms with Gasteiger partial charge in [0.15, 0.2) is 0 Å². The minimum absolute atomic E-state index is 0.405. The molecule has 14 heavy (non-hydrogen) atoms. The molecular formula is C12H19NO. The molecular weight excluding hydrogens is 174 g/mol. The Hall–Kier alpha value is -0.550. The second-order valence-corrected chi connectivity index (χ2v) is 5.26. The first-order valence-corrected chi connectivity index (χ1v) is 5.76. The van der Waals surface area contributed by atoms with Gasteiger partial charge in [0.1, 0.15) is 0 Å². The maximum Gasteiger partial charge on any atom is 0.0860 e. The summed E-state index contributed by atoms with van der Waals surface area (Å²) in [5, 5.41) is 19.7. The highest BCUT2D eigenvalue weighted by Gasteiger charge is 2.54. The van der Waals surface area contributed by atoms with Crippen LogP contribution in [0.4, 0.5) is 0 Å². The van der Waals surface area contributed by atoms with Gasteiger partial charge in [-0.3, -0.25) is 0 Å². The zero-order valence-electron chi connectivity index (χ0n) is 8.92. The van der Waals surface area contributed by atoms with Crippen LogP contribution in [0.25, 0.3) is 0 Å². The summed E-state index contributed by atoms with van der Waals surface area (Å²) in [5.41, 5.74) is -1.04. The predicted octanol–water partition coefficient (Wildman–Crippen LogP) is 2.62. The fraction of sp³-hybridized carbons (Fsp3) is 0.917. The molecule has 0 amide bonds. The van der Waals surface area contributed by atoms with Gasteiger partial charge in [0.2, 0.25) is 0 Å². The fourth-order valence-electron chi connectivity index (χ4n) is 2.93. The van der Waals surface area contributed by atoms with Crippen molar-refractivity contribution < 1.29 is 5.11 Å². The summed E-state index contributed by atoms with van der Waals surface area (Å²) in [6.07, 6.45) is 6.80. The minimum atomic E-state index is -0.637. The van der Waals surface area contributed by atoms with Crippen molar-refractivity contribution in [1.82, 2.24) is 0 Å². The SMILES string of the molecule is CC1CCC(C#N)(C2(O)CCC2)CC1. The molecule has 0 saturated heterocycles. The molecule has 0 bridgehead atoms. The summed E-state index contributed by atoms with van der Waals surface area (Å²) in [4.78, 5) is 0. The lowest BCUT2D eigenvalue weighted by atomic mass is 9.55.